The molecule has 0 bridgehead atoms. The Morgan fingerprint density at radius 1 is 1.33 bits per heavy atom. The van der Waals surface area contributed by atoms with Crippen molar-refractivity contribution < 1.29 is 8.42 Å². The Morgan fingerprint density at radius 2 is 2.11 bits per heavy atom. The highest BCUT2D eigenvalue weighted by molar-refractivity contribution is 9.10. The van der Waals surface area contributed by atoms with Crippen LogP contribution < -0.4 is 5.32 Å². The molecule has 0 amide bonds. The minimum absolute atomic E-state index is 0.0907. The van der Waals surface area contributed by atoms with Gasteiger partial charge in [0.1, 0.15) is 16.2 Å². The molecule has 0 spiro atoms. The summed E-state index contributed by atoms with van der Waals surface area (Å²) in [4.78, 5) is 8.75. The summed E-state index contributed by atoms with van der Waals surface area (Å²) in [6.07, 6.45) is 3.92. The van der Waals surface area contributed by atoms with E-state index in [1.54, 1.807) is 12.1 Å². The Labute approximate surface area is 114 Å². The van der Waals surface area contributed by atoms with E-state index in [1.165, 1.54) is 5.41 Å². The van der Waals surface area contributed by atoms with E-state index in [0.29, 0.717) is 11.7 Å². The Hall–Kier alpha value is -0.950. The Balaban J connectivity index is 1.78. The average Bonchev–Trinajstić information content (AvgIpc) is 3.04. The zero-order valence-corrected chi connectivity index (χ0v) is 11.9. The van der Waals surface area contributed by atoms with Crippen LogP contribution in [0.2, 0.25) is 0 Å². The number of aromatic nitrogens is 2. The van der Waals surface area contributed by atoms with Gasteiger partial charge in [-0.2, -0.15) is 0 Å². The molecule has 1 atom stereocenters. The number of halogens is 1. The molecule has 0 radical (unpaired) electrons. The average molecular weight is 330 g/mol. The first kappa shape index (κ1) is 12.1. The van der Waals surface area contributed by atoms with Gasteiger partial charge in [-0.3, -0.25) is 0 Å². The van der Waals surface area contributed by atoms with E-state index in [9.17, 15) is 8.42 Å². The fourth-order valence-electron chi connectivity index (χ4n) is 1.89. The third-order valence-corrected chi connectivity index (χ3v) is 4.72. The molecule has 7 heteroatoms. The lowest BCUT2D eigenvalue weighted by Crippen LogP contribution is -2.21. The SMILES string of the molecule is O=S1(=O)C=CC(Nc2cc(Br)nc(C3CC3)n2)C1. The highest BCUT2D eigenvalue weighted by atomic mass is 79.9. The summed E-state index contributed by atoms with van der Waals surface area (Å²) in [6.45, 7) is 0. The monoisotopic (exact) mass is 329 g/mol. The zero-order valence-electron chi connectivity index (χ0n) is 9.51. The van der Waals surface area contributed by atoms with Crippen LogP contribution >= 0.6 is 15.9 Å². The lowest BCUT2D eigenvalue weighted by molar-refractivity contribution is 0.605. The maximum absolute atomic E-state index is 11.3. The first-order valence-electron chi connectivity index (χ1n) is 5.74. The topological polar surface area (TPSA) is 72.0 Å². The largest absolute Gasteiger partial charge is 0.363 e. The Bertz CT molecular complexity index is 611. The Morgan fingerprint density at radius 3 is 2.72 bits per heavy atom. The molecule has 1 aromatic heterocycles. The van der Waals surface area contributed by atoms with E-state index < -0.39 is 9.84 Å². The summed E-state index contributed by atoms with van der Waals surface area (Å²) in [5.41, 5.74) is 0. The van der Waals surface area contributed by atoms with E-state index in [-0.39, 0.29) is 11.8 Å². The number of hydrogen-bond acceptors (Lipinski definition) is 5. The molecule has 1 unspecified atom stereocenters. The number of hydrogen-bond donors (Lipinski definition) is 1. The highest BCUT2D eigenvalue weighted by Gasteiger charge is 2.28. The van der Waals surface area contributed by atoms with Crippen molar-refractivity contribution in [3.05, 3.63) is 28.0 Å². The van der Waals surface area contributed by atoms with Crippen LogP contribution in [0.25, 0.3) is 0 Å². The summed E-state index contributed by atoms with van der Waals surface area (Å²) in [7, 11) is -3.04. The minimum Gasteiger partial charge on any atom is -0.363 e. The molecule has 0 aromatic carbocycles. The third-order valence-electron chi connectivity index (χ3n) is 2.92. The zero-order chi connectivity index (χ0) is 12.8. The standard InChI is InChI=1S/C11H12BrN3O2S/c12-9-5-10(15-11(14-9)7-1-2-7)13-8-3-4-18(16,17)6-8/h3-5,7-8H,1-2,6H2,(H,13,14,15). The third kappa shape index (κ3) is 2.72. The molecule has 2 aliphatic rings. The summed E-state index contributed by atoms with van der Waals surface area (Å²) < 4.78 is 23.4. The van der Waals surface area contributed by atoms with Gasteiger partial charge in [0.15, 0.2) is 9.84 Å². The maximum Gasteiger partial charge on any atom is 0.173 e. The molecule has 5 nitrogen and oxygen atoms in total. The molecular weight excluding hydrogens is 318 g/mol. The molecule has 1 saturated carbocycles. The first-order chi connectivity index (χ1) is 8.52. The van der Waals surface area contributed by atoms with Gasteiger partial charge in [-0.05, 0) is 34.8 Å². The molecule has 1 fully saturated rings. The van der Waals surface area contributed by atoms with Crippen LogP contribution in [0.3, 0.4) is 0 Å². The molecule has 96 valence electrons. The molecule has 0 saturated heterocycles. The highest BCUT2D eigenvalue weighted by Crippen LogP contribution is 2.38. The van der Waals surface area contributed by atoms with Crippen LogP contribution in [0.15, 0.2) is 22.2 Å². The van der Waals surface area contributed by atoms with Gasteiger partial charge in [0, 0.05) is 17.4 Å². The molecular formula is C11H12BrN3O2S. The van der Waals surface area contributed by atoms with Gasteiger partial charge in [0.05, 0.1) is 11.8 Å². The maximum atomic E-state index is 11.3. The van der Waals surface area contributed by atoms with E-state index in [1.807, 2.05) is 0 Å². The van der Waals surface area contributed by atoms with E-state index in [0.717, 1.165) is 23.3 Å². The normalized spacial score (nSPS) is 25.3. The van der Waals surface area contributed by atoms with Crippen molar-refractivity contribution in [1.29, 1.82) is 0 Å². The van der Waals surface area contributed by atoms with E-state index >= 15 is 0 Å². The van der Waals surface area contributed by atoms with Gasteiger partial charge in [-0.25, -0.2) is 18.4 Å². The lowest BCUT2D eigenvalue weighted by Gasteiger charge is -2.11. The molecule has 18 heavy (non-hydrogen) atoms. The molecule has 1 aliphatic carbocycles. The fourth-order valence-corrected chi connectivity index (χ4v) is 3.52. The second kappa shape index (κ2) is 4.31. The number of anilines is 1. The smallest absolute Gasteiger partial charge is 0.173 e. The number of nitrogens with zero attached hydrogens (tertiary/aromatic N) is 2. The predicted octanol–water partition coefficient (Wildman–Crippen LogP) is 1.84. The van der Waals surface area contributed by atoms with Gasteiger partial charge < -0.3 is 5.32 Å². The molecule has 1 aromatic rings. The van der Waals surface area contributed by atoms with Crippen molar-refractivity contribution in [1.82, 2.24) is 9.97 Å². The Kier molecular flexibility index (Phi) is 2.90. The van der Waals surface area contributed by atoms with Gasteiger partial charge in [0.25, 0.3) is 0 Å². The van der Waals surface area contributed by atoms with E-state index in [4.69, 9.17) is 0 Å². The van der Waals surface area contributed by atoms with Crippen molar-refractivity contribution in [3.8, 4) is 0 Å². The van der Waals surface area contributed by atoms with Crippen LogP contribution in [0.4, 0.5) is 5.82 Å². The summed E-state index contributed by atoms with van der Waals surface area (Å²) in [5.74, 6) is 2.06. The van der Waals surface area contributed by atoms with Gasteiger partial charge in [0.2, 0.25) is 0 Å². The molecule has 3 rings (SSSR count). The number of sulfone groups is 1. The van der Waals surface area contributed by atoms with Crippen molar-refractivity contribution >= 4 is 31.6 Å². The second-order valence-electron chi connectivity index (χ2n) is 4.62. The van der Waals surface area contributed by atoms with Gasteiger partial charge in [-0.1, -0.05) is 0 Å². The van der Waals surface area contributed by atoms with Crippen molar-refractivity contribution in [2.75, 3.05) is 11.1 Å². The summed E-state index contributed by atoms with van der Waals surface area (Å²) in [6, 6.07) is 1.56. The number of rotatable bonds is 3. The molecule has 1 aliphatic heterocycles. The minimum atomic E-state index is -3.04. The quantitative estimate of drug-likeness (QED) is 0.856. The summed E-state index contributed by atoms with van der Waals surface area (Å²) in [5, 5.41) is 4.37. The second-order valence-corrected chi connectivity index (χ2v) is 7.36. The fraction of sp³-hybridized carbons (Fsp3) is 0.455. The first-order valence-corrected chi connectivity index (χ1v) is 8.25. The van der Waals surface area contributed by atoms with Crippen molar-refractivity contribution in [3.63, 3.8) is 0 Å². The van der Waals surface area contributed by atoms with Crippen LogP contribution in [-0.4, -0.2) is 30.2 Å². The van der Waals surface area contributed by atoms with Crippen LogP contribution in [-0.2, 0) is 9.84 Å². The van der Waals surface area contributed by atoms with Crippen molar-refractivity contribution in [2.45, 2.75) is 24.8 Å². The number of nitrogens with one attached hydrogen (secondary N) is 1. The predicted molar refractivity (Wildman–Crippen MR) is 72.0 cm³/mol. The van der Waals surface area contributed by atoms with Crippen LogP contribution in [0, 0.1) is 0 Å². The molecule has 1 N–H and O–H groups in total. The van der Waals surface area contributed by atoms with Gasteiger partial charge in [-0.15, -0.1) is 0 Å². The lowest BCUT2D eigenvalue weighted by atomic mass is 10.3. The van der Waals surface area contributed by atoms with Gasteiger partial charge >= 0.3 is 0 Å². The molecule has 2 heterocycles. The van der Waals surface area contributed by atoms with E-state index in [2.05, 4.69) is 31.2 Å². The van der Waals surface area contributed by atoms with Crippen molar-refractivity contribution in [2.24, 2.45) is 0 Å². The van der Waals surface area contributed by atoms with Crippen LogP contribution in [0.1, 0.15) is 24.6 Å². The summed E-state index contributed by atoms with van der Waals surface area (Å²) >= 11 is 3.35. The van der Waals surface area contributed by atoms with Crippen LogP contribution in [0.5, 0.6) is 0 Å².